The van der Waals surface area contributed by atoms with Gasteiger partial charge in [0.15, 0.2) is 0 Å². The molecule has 0 bridgehead atoms. The van der Waals surface area contributed by atoms with Crippen LogP contribution in [0.4, 0.5) is 0 Å². The van der Waals surface area contributed by atoms with E-state index in [0.29, 0.717) is 12.1 Å². The summed E-state index contributed by atoms with van der Waals surface area (Å²) in [5.41, 5.74) is 1.36. The van der Waals surface area contributed by atoms with E-state index in [2.05, 4.69) is 12.2 Å². The second kappa shape index (κ2) is 7.07. The second-order valence-electron chi connectivity index (χ2n) is 5.33. The van der Waals surface area contributed by atoms with Gasteiger partial charge in [0.05, 0.1) is 5.52 Å². The van der Waals surface area contributed by atoms with Crippen molar-refractivity contribution in [3.63, 3.8) is 0 Å². The predicted molar refractivity (Wildman–Crippen MR) is 85.5 cm³/mol. The Morgan fingerprint density at radius 2 is 2.00 bits per heavy atom. The average molecular weight is 286 g/mol. The van der Waals surface area contributed by atoms with E-state index in [4.69, 9.17) is 0 Å². The van der Waals surface area contributed by atoms with Crippen LogP contribution in [0, 0.1) is 6.92 Å². The summed E-state index contributed by atoms with van der Waals surface area (Å²) in [4.78, 5) is 24.3. The van der Waals surface area contributed by atoms with E-state index < -0.39 is 0 Å². The number of pyridine rings is 1. The molecule has 1 aromatic heterocycles. The van der Waals surface area contributed by atoms with Crippen molar-refractivity contribution in [1.82, 2.24) is 9.88 Å². The van der Waals surface area contributed by atoms with Crippen LogP contribution in [0.5, 0.6) is 0 Å². The van der Waals surface area contributed by atoms with Gasteiger partial charge in [-0.1, -0.05) is 38.0 Å². The first kappa shape index (κ1) is 15.3. The van der Waals surface area contributed by atoms with E-state index in [9.17, 15) is 9.59 Å². The third kappa shape index (κ3) is 3.72. The quantitative estimate of drug-likeness (QED) is 0.830. The van der Waals surface area contributed by atoms with Crippen LogP contribution in [-0.2, 0) is 11.3 Å². The van der Waals surface area contributed by atoms with Crippen LogP contribution >= 0.6 is 0 Å². The van der Waals surface area contributed by atoms with Gasteiger partial charge in [-0.25, -0.2) is 0 Å². The Morgan fingerprint density at radius 1 is 1.24 bits per heavy atom. The van der Waals surface area contributed by atoms with Crippen LogP contribution in [0.15, 0.2) is 35.1 Å². The van der Waals surface area contributed by atoms with Gasteiger partial charge in [-0.15, -0.1) is 0 Å². The normalized spacial score (nSPS) is 10.8. The molecule has 0 radical (unpaired) electrons. The lowest BCUT2D eigenvalue weighted by molar-refractivity contribution is -0.121. The highest BCUT2D eigenvalue weighted by molar-refractivity contribution is 5.82. The third-order valence-corrected chi connectivity index (χ3v) is 3.59. The maximum absolute atomic E-state index is 12.3. The highest BCUT2D eigenvalue weighted by Gasteiger charge is 2.09. The third-order valence-electron chi connectivity index (χ3n) is 3.59. The number of carbonyl (C=O) groups is 1. The fraction of sp³-hybridized carbons (Fsp3) is 0.412. The fourth-order valence-corrected chi connectivity index (χ4v) is 2.43. The van der Waals surface area contributed by atoms with Crippen molar-refractivity contribution >= 4 is 16.8 Å². The lowest BCUT2D eigenvalue weighted by Crippen LogP contribution is -2.33. The maximum atomic E-state index is 12.3. The summed E-state index contributed by atoms with van der Waals surface area (Å²) < 4.78 is 1.56. The minimum Gasteiger partial charge on any atom is -0.355 e. The number of amides is 1. The molecule has 0 saturated carbocycles. The molecule has 2 aromatic rings. The summed E-state index contributed by atoms with van der Waals surface area (Å²) in [5.74, 6) is -0.107. The number of hydrogen-bond acceptors (Lipinski definition) is 2. The molecule has 1 heterocycles. The zero-order chi connectivity index (χ0) is 15.2. The summed E-state index contributed by atoms with van der Waals surface area (Å²) in [5, 5.41) is 3.86. The molecule has 2 rings (SSSR count). The molecule has 21 heavy (non-hydrogen) atoms. The highest BCUT2D eigenvalue weighted by Crippen LogP contribution is 2.12. The molecule has 0 aliphatic carbocycles. The summed E-state index contributed by atoms with van der Waals surface area (Å²) in [6, 6.07) is 9.51. The second-order valence-corrected chi connectivity index (χ2v) is 5.33. The Bertz CT molecular complexity index is 689. The van der Waals surface area contributed by atoms with Crippen molar-refractivity contribution in [2.24, 2.45) is 0 Å². The van der Waals surface area contributed by atoms with Gasteiger partial charge in [-0.3, -0.25) is 14.2 Å². The van der Waals surface area contributed by atoms with Gasteiger partial charge in [0.1, 0.15) is 6.54 Å². The molecular formula is C17H22N2O2. The zero-order valence-electron chi connectivity index (χ0n) is 12.7. The fourth-order valence-electron chi connectivity index (χ4n) is 2.43. The summed E-state index contributed by atoms with van der Waals surface area (Å²) >= 11 is 0. The van der Waals surface area contributed by atoms with Crippen LogP contribution in [0.25, 0.3) is 10.9 Å². The van der Waals surface area contributed by atoms with E-state index in [1.807, 2.05) is 30.3 Å². The number of hydrogen-bond donors (Lipinski definition) is 1. The Morgan fingerprint density at radius 3 is 2.76 bits per heavy atom. The number of aromatic nitrogens is 1. The standard InChI is InChI=1S/C17H22N2O2/c1-3-4-7-10-18-16(20)12-19-15-9-6-5-8-14(15)11-13(2)17(19)21/h5-6,8-9,11H,3-4,7,10,12H2,1-2H3,(H,18,20). The van der Waals surface area contributed by atoms with E-state index in [1.165, 1.54) is 0 Å². The van der Waals surface area contributed by atoms with E-state index in [0.717, 1.165) is 30.2 Å². The Labute approximate surface area is 124 Å². The topological polar surface area (TPSA) is 51.1 Å². The van der Waals surface area contributed by atoms with Crippen molar-refractivity contribution < 1.29 is 4.79 Å². The molecule has 0 unspecified atom stereocenters. The molecule has 0 spiro atoms. The largest absolute Gasteiger partial charge is 0.355 e. The van der Waals surface area contributed by atoms with Crippen LogP contribution in [0.1, 0.15) is 31.7 Å². The monoisotopic (exact) mass is 286 g/mol. The van der Waals surface area contributed by atoms with Crippen LogP contribution in [-0.4, -0.2) is 17.0 Å². The molecule has 1 N–H and O–H groups in total. The summed E-state index contributed by atoms with van der Waals surface area (Å²) in [6.07, 6.45) is 3.21. The minimum absolute atomic E-state index is 0.0765. The predicted octanol–water partition coefficient (Wildman–Crippen LogP) is 2.62. The van der Waals surface area contributed by atoms with Gasteiger partial charge >= 0.3 is 0 Å². The van der Waals surface area contributed by atoms with Gasteiger partial charge in [0.25, 0.3) is 5.56 Å². The number of unbranched alkanes of at least 4 members (excludes halogenated alkanes) is 2. The van der Waals surface area contributed by atoms with Crippen molar-refractivity contribution in [2.75, 3.05) is 6.54 Å². The Kier molecular flexibility index (Phi) is 5.14. The Hall–Kier alpha value is -2.10. The maximum Gasteiger partial charge on any atom is 0.254 e. The average Bonchev–Trinajstić information content (AvgIpc) is 2.48. The number of nitrogens with one attached hydrogen (secondary N) is 1. The van der Waals surface area contributed by atoms with Crippen LogP contribution in [0.2, 0.25) is 0 Å². The number of fused-ring (bicyclic) bond motifs is 1. The van der Waals surface area contributed by atoms with Gasteiger partial charge < -0.3 is 5.32 Å². The molecule has 0 saturated heterocycles. The van der Waals surface area contributed by atoms with Gasteiger partial charge in [-0.2, -0.15) is 0 Å². The number of nitrogens with zero attached hydrogens (tertiary/aromatic N) is 1. The summed E-state index contributed by atoms with van der Waals surface area (Å²) in [6.45, 7) is 4.66. The van der Waals surface area contributed by atoms with Crippen molar-refractivity contribution in [3.05, 3.63) is 46.2 Å². The SMILES string of the molecule is CCCCCNC(=O)Cn1c(=O)c(C)cc2ccccc21. The van der Waals surface area contributed by atoms with E-state index >= 15 is 0 Å². The molecule has 112 valence electrons. The molecule has 4 heteroatoms. The van der Waals surface area contributed by atoms with Crippen molar-refractivity contribution in [3.8, 4) is 0 Å². The number of benzene rings is 1. The molecule has 1 amide bonds. The molecule has 4 nitrogen and oxygen atoms in total. The molecule has 0 aliphatic rings. The highest BCUT2D eigenvalue weighted by atomic mass is 16.2. The lowest BCUT2D eigenvalue weighted by atomic mass is 10.1. The number of carbonyl (C=O) groups excluding carboxylic acids is 1. The number of rotatable bonds is 6. The van der Waals surface area contributed by atoms with Crippen LogP contribution < -0.4 is 10.9 Å². The lowest BCUT2D eigenvalue weighted by Gasteiger charge is -2.11. The van der Waals surface area contributed by atoms with Crippen molar-refractivity contribution in [1.29, 1.82) is 0 Å². The van der Waals surface area contributed by atoms with Crippen molar-refractivity contribution in [2.45, 2.75) is 39.7 Å². The number of para-hydroxylation sites is 1. The minimum atomic E-state index is -0.107. The van der Waals surface area contributed by atoms with Gasteiger partial charge in [-0.05, 0) is 30.9 Å². The number of aryl methyl sites for hydroxylation is 1. The van der Waals surface area contributed by atoms with E-state index in [-0.39, 0.29) is 18.0 Å². The Balaban J connectivity index is 2.19. The molecule has 0 aliphatic heterocycles. The molecule has 0 fully saturated rings. The first-order chi connectivity index (χ1) is 10.1. The first-order valence-electron chi connectivity index (χ1n) is 7.49. The van der Waals surface area contributed by atoms with Crippen LogP contribution in [0.3, 0.4) is 0 Å². The molecule has 1 aromatic carbocycles. The van der Waals surface area contributed by atoms with E-state index in [1.54, 1.807) is 11.5 Å². The zero-order valence-corrected chi connectivity index (χ0v) is 12.7. The summed E-state index contributed by atoms with van der Waals surface area (Å²) in [7, 11) is 0. The van der Waals surface area contributed by atoms with Gasteiger partial charge in [0.2, 0.25) is 5.91 Å². The molecule has 0 atom stereocenters. The van der Waals surface area contributed by atoms with Gasteiger partial charge in [0, 0.05) is 12.1 Å². The first-order valence-corrected chi connectivity index (χ1v) is 7.49. The molecular weight excluding hydrogens is 264 g/mol. The smallest absolute Gasteiger partial charge is 0.254 e.